The van der Waals surface area contributed by atoms with Gasteiger partial charge in [-0.05, 0) is 115 Å². The van der Waals surface area contributed by atoms with Crippen molar-refractivity contribution in [2.75, 3.05) is 51.9 Å². The van der Waals surface area contributed by atoms with Gasteiger partial charge in [-0.2, -0.15) is 0 Å². The second-order valence-corrected chi connectivity index (χ2v) is 9.23. The Morgan fingerprint density at radius 3 is 1.34 bits per heavy atom. The number of nitrogens with zero attached hydrogens (tertiary/aromatic N) is 2. The Hall–Kier alpha value is -3.42. The molecule has 2 amide bonds. The maximum absolute atomic E-state index is 12.1. The van der Waals surface area contributed by atoms with Gasteiger partial charge in [0.15, 0.2) is 0 Å². The number of carbonyl (C=O) groups excluding carboxylic acids is 2. The number of hydrogen-bond acceptors (Lipinski definition) is 5. The number of rotatable bonds is 12. The molecule has 1 heterocycles. The summed E-state index contributed by atoms with van der Waals surface area (Å²) in [4.78, 5) is 28.3. The largest absolute Gasteiger partial charge is 0.456 e. The minimum Gasteiger partial charge on any atom is -0.456 e. The van der Waals surface area contributed by atoms with E-state index in [1.54, 1.807) is 0 Å². The summed E-state index contributed by atoms with van der Waals surface area (Å²) in [5.41, 5.74) is 3.41. The normalized spacial score (nSPS) is 11.1. The van der Waals surface area contributed by atoms with Gasteiger partial charge in [0.1, 0.15) is 11.5 Å². The van der Waals surface area contributed by atoms with Crippen LogP contribution in [0.1, 0.15) is 25.7 Å². The highest BCUT2D eigenvalue weighted by atomic mass is 16.3. The molecule has 0 bridgehead atoms. The van der Waals surface area contributed by atoms with E-state index in [2.05, 4.69) is 20.4 Å². The highest BCUT2D eigenvalue weighted by Crippen LogP contribution is 2.30. The molecule has 0 radical (unpaired) electrons. The Labute approximate surface area is 208 Å². The van der Waals surface area contributed by atoms with Crippen LogP contribution in [-0.2, 0) is 9.59 Å². The first-order valence-corrected chi connectivity index (χ1v) is 12.0. The number of anilines is 2. The maximum atomic E-state index is 12.1. The average Bonchev–Trinajstić information content (AvgIpc) is 3.30. The molecule has 0 saturated carbocycles. The molecule has 186 valence electrons. The van der Waals surface area contributed by atoms with Crippen molar-refractivity contribution in [1.82, 2.24) is 9.80 Å². The number of carbonyl (C=O) groups is 2. The van der Waals surface area contributed by atoms with Gasteiger partial charge in [0.2, 0.25) is 11.8 Å². The average molecular weight is 477 g/mol. The predicted molar refractivity (Wildman–Crippen MR) is 142 cm³/mol. The number of nitrogens with one attached hydrogen (secondary N) is 2. The summed E-state index contributed by atoms with van der Waals surface area (Å²) in [6.45, 7) is 1.78. The summed E-state index contributed by atoms with van der Waals surface area (Å²) in [6, 6.07) is 19.2. The van der Waals surface area contributed by atoms with Crippen LogP contribution in [0, 0.1) is 0 Å². The van der Waals surface area contributed by atoms with Crippen molar-refractivity contribution in [1.29, 1.82) is 0 Å². The molecule has 3 aromatic rings. The third-order valence-corrected chi connectivity index (χ3v) is 5.53. The molecular weight excluding hydrogens is 440 g/mol. The fourth-order valence-corrected chi connectivity index (χ4v) is 3.64. The van der Waals surface area contributed by atoms with Crippen LogP contribution in [0.5, 0.6) is 0 Å². The lowest BCUT2D eigenvalue weighted by Gasteiger charge is -2.09. The quantitative estimate of drug-likeness (QED) is 0.377. The monoisotopic (exact) mass is 476 g/mol. The first kappa shape index (κ1) is 26.2. The molecule has 0 saturated heterocycles. The highest BCUT2D eigenvalue weighted by Gasteiger charge is 2.09. The number of furan rings is 1. The standard InChI is InChI=1S/C28H36N4O3/c1-31(2)19-5-7-27(33)29-23-13-9-21(10-14-23)25-17-18-26(35-25)22-11-15-24(16-12-22)30-28(34)8-6-20-32(3)4/h9-18H,5-8,19-20H2,1-4H3,(H,29,33)(H,30,34). The minimum atomic E-state index is 0.0214. The van der Waals surface area contributed by atoms with E-state index in [0.29, 0.717) is 12.8 Å². The highest BCUT2D eigenvalue weighted by molar-refractivity contribution is 5.91. The van der Waals surface area contributed by atoms with Crippen molar-refractivity contribution in [2.45, 2.75) is 25.7 Å². The van der Waals surface area contributed by atoms with Gasteiger partial charge in [0.05, 0.1) is 0 Å². The molecule has 1 aromatic heterocycles. The molecule has 0 atom stereocenters. The fourth-order valence-electron chi connectivity index (χ4n) is 3.64. The van der Waals surface area contributed by atoms with E-state index in [0.717, 1.165) is 60.0 Å². The van der Waals surface area contributed by atoms with Crippen molar-refractivity contribution >= 4 is 23.2 Å². The summed E-state index contributed by atoms with van der Waals surface area (Å²) in [6.07, 6.45) is 2.66. The molecule has 35 heavy (non-hydrogen) atoms. The second kappa shape index (κ2) is 12.9. The summed E-state index contributed by atoms with van der Waals surface area (Å²) < 4.78 is 6.06. The predicted octanol–water partition coefficient (Wildman–Crippen LogP) is 5.17. The van der Waals surface area contributed by atoms with Crippen LogP contribution in [0.25, 0.3) is 22.6 Å². The molecule has 0 spiro atoms. The van der Waals surface area contributed by atoms with Crippen molar-refractivity contribution < 1.29 is 14.0 Å². The first-order valence-electron chi connectivity index (χ1n) is 12.0. The van der Waals surface area contributed by atoms with Crippen molar-refractivity contribution in [2.24, 2.45) is 0 Å². The number of hydrogen-bond donors (Lipinski definition) is 2. The topological polar surface area (TPSA) is 77.8 Å². The van der Waals surface area contributed by atoms with Crippen molar-refractivity contribution in [3.63, 3.8) is 0 Å². The lowest BCUT2D eigenvalue weighted by molar-refractivity contribution is -0.117. The van der Waals surface area contributed by atoms with Gasteiger partial charge in [0, 0.05) is 35.3 Å². The smallest absolute Gasteiger partial charge is 0.224 e. The Morgan fingerprint density at radius 1 is 0.629 bits per heavy atom. The van der Waals surface area contributed by atoms with Crippen LogP contribution in [0.4, 0.5) is 11.4 Å². The molecule has 0 aliphatic rings. The van der Waals surface area contributed by atoms with E-state index >= 15 is 0 Å². The number of amides is 2. The summed E-state index contributed by atoms with van der Waals surface area (Å²) in [5.74, 6) is 1.55. The zero-order chi connectivity index (χ0) is 25.2. The SMILES string of the molecule is CN(C)CCCC(=O)Nc1ccc(-c2ccc(-c3ccc(NC(=O)CCCN(C)C)cc3)o2)cc1. The fraction of sp³-hybridized carbons (Fsp3) is 0.357. The Kier molecular flexibility index (Phi) is 9.64. The van der Waals surface area contributed by atoms with E-state index in [1.165, 1.54) is 0 Å². The molecule has 7 heteroatoms. The minimum absolute atomic E-state index is 0.0214. The van der Waals surface area contributed by atoms with Gasteiger partial charge in [-0.3, -0.25) is 9.59 Å². The van der Waals surface area contributed by atoms with Crippen LogP contribution >= 0.6 is 0 Å². The zero-order valence-corrected chi connectivity index (χ0v) is 21.1. The summed E-state index contributed by atoms with van der Waals surface area (Å²) in [5, 5.41) is 5.88. The first-order chi connectivity index (χ1) is 16.8. The van der Waals surface area contributed by atoms with Crippen LogP contribution < -0.4 is 10.6 Å². The van der Waals surface area contributed by atoms with Crippen LogP contribution in [0.15, 0.2) is 65.1 Å². The van der Waals surface area contributed by atoms with Crippen molar-refractivity contribution in [3.05, 3.63) is 60.7 Å². The van der Waals surface area contributed by atoms with Gasteiger partial charge >= 0.3 is 0 Å². The van der Waals surface area contributed by atoms with Crippen molar-refractivity contribution in [3.8, 4) is 22.6 Å². The molecule has 3 rings (SSSR count). The third-order valence-electron chi connectivity index (χ3n) is 5.53. The van der Waals surface area contributed by atoms with E-state index in [1.807, 2.05) is 88.9 Å². The Bertz CT molecular complexity index is 1000. The summed E-state index contributed by atoms with van der Waals surface area (Å²) >= 11 is 0. The number of benzene rings is 2. The second-order valence-electron chi connectivity index (χ2n) is 9.23. The lowest BCUT2D eigenvalue weighted by atomic mass is 10.1. The van der Waals surface area contributed by atoms with Gasteiger partial charge < -0.3 is 24.9 Å². The zero-order valence-electron chi connectivity index (χ0n) is 21.1. The molecule has 2 aromatic carbocycles. The van der Waals surface area contributed by atoms with Gasteiger partial charge in [-0.25, -0.2) is 0 Å². The van der Waals surface area contributed by atoms with Crippen LogP contribution in [-0.4, -0.2) is 62.9 Å². The lowest BCUT2D eigenvalue weighted by Crippen LogP contribution is -2.17. The molecule has 0 aliphatic carbocycles. The van der Waals surface area contributed by atoms with E-state index in [4.69, 9.17) is 4.42 Å². The Morgan fingerprint density at radius 2 is 1.00 bits per heavy atom. The van der Waals surface area contributed by atoms with Gasteiger partial charge in [-0.1, -0.05) is 0 Å². The molecule has 2 N–H and O–H groups in total. The maximum Gasteiger partial charge on any atom is 0.224 e. The molecule has 0 fully saturated rings. The van der Waals surface area contributed by atoms with Gasteiger partial charge in [0.25, 0.3) is 0 Å². The van der Waals surface area contributed by atoms with Crippen LogP contribution in [0.2, 0.25) is 0 Å². The molecule has 0 unspecified atom stereocenters. The van der Waals surface area contributed by atoms with E-state index in [-0.39, 0.29) is 11.8 Å². The Balaban J connectivity index is 1.54. The molecule has 7 nitrogen and oxygen atoms in total. The summed E-state index contributed by atoms with van der Waals surface area (Å²) in [7, 11) is 8.00. The van der Waals surface area contributed by atoms with E-state index in [9.17, 15) is 9.59 Å². The van der Waals surface area contributed by atoms with Gasteiger partial charge in [-0.15, -0.1) is 0 Å². The third kappa shape index (κ3) is 8.70. The van der Waals surface area contributed by atoms with E-state index < -0.39 is 0 Å². The molecular formula is C28H36N4O3. The molecule has 0 aliphatic heterocycles. The van der Waals surface area contributed by atoms with Crippen LogP contribution in [0.3, 0.4) is 0 Å².